The molecule has 0 spiro atoms. The highest BCUT2D eigenvalue weighted by molar-refractivity contribution is 7.17. The van der Waals surface area contributed by atoms with Crippen LogP contribution in [0.15, 0.2) is 24.3 Å². The fourth-order valence-electron chi connectivity index (χ4n) is 3.03. The predicted octanol–water partition coefficient (Wildman–Crippen LogP) is 3.47. The Morgan fingerprint density at radius 2 is 1.78 bits per heavy atom. The van der Waals surface area contributed by atoms with Crippen LogP contribution in [-0.4, -0.2) is 34.8 Å². The van der Waals surface area contributed by atoms with Crippen LogP contribution < -0.4 is 5.73 Å². The molecule has 1 fully saturated rings. The number of nitrogens with zero attached hydrogens (tertiary/aromatic N) is 2. The summed E-state index contributed by atoms with van der Waals surface area (Å²) in [6.45, 7) is 2.59. The quantitative estimate of drug-likeness (QED) is 0.862. The molecular formula is C18H18F3N3O2S. The second-order valence-electron chi connectivity index (χ2n) is 6.48. The molecule has 5 nitrogen and oxygen atoms in total. The molecule has 2 amide bonds. The van der Waals surface area contributed by atoms with E-state index in [0.29, 0.717) is 47.1 Å². The minimum Gasteiger partial charge on any atom is -0.369 e. The van der Waals surface area contributed by atoms with E-state index in [1.54, 1.807) is 11.8 Å². The van der Waals surface area contributed by atoms with Gasteiger partial charge in [0.05, 0.1) is 11.3 Å². The van der Waals surface area contributed by atoms with Crippen LogP contribution in [0, 0.1) is 12.8 Å². The summed E-state index contributed by atoms with van der Waals surface area (Å²) in [5.41, 5.74) is 5.65. The molecule has 144 valence electrons. The van der Waals surface area contributed by atoms with Gasteiger partial charge in [0.1, 0.15) is 9.88 Å². The van der Waals surface area contributed by atoms with Crippen LogP contribution in [0.2, 0.25) is 0 Å². The summed E-state index contributed by atoms with van der Waals surface area (Å²) in [7, 11) is 0. The van der Waals surface area contributed by atoms with E-state index in [4.69, 9.17) is 5.73 Å². The number of piperidine rings is 1. The van der Waals surface area contributed by atoms with Crippen LogP contribution in [-0.2, 0) is 11.0 Å². The first-order chi connectivity index (χ1) is 12.7. The maximum absolute atomic E-state index is 12.8. The Balaban J connectivity index is 1.76. The summed E-state index contributed by atoms with van der Waals surface area (Å²) in [5.74, 6) is -0.731. The van der Waals surface area contributed by atoms with Gasteiger partial charge in [0.25, 0.3) is 5.91 Å². The number of carbonyl (C=O) groups excluding carboxylic acids is 2. The molecule has 1 saturated heterocycles. The second kappa shape index (κ2) is 7.30. The van der Waals surface area contributed by atoms with Gasteiger partial charge in [-0.25, -0.2) is 4.98 Å². The third-order valence-electron chi connectivity index (χ3n) is 4.63. The van der Waals surface area contributed by atoms with Crippen molar-refractivity contribution in [3.8, 4) is 10.6 Å². The van der Waals surface area contributed by atoms with Gasteiger partial charge in [-0.3, -0.25) is 9.59 Å². The highest BCUT2D eigenvalue weighted by Gasteiger charge is 2.31. The number of amides is 2. The maximum Gasteiger partial charge on any atom is 0.416 e. The van der Waals surface area contributed by atoms with Gasteiger partial charge in [0.2, 0.25) is 5.91 Å². The van der Waals surface area contributed by atoms with Crippen LogP contribution >= 0.6 is 11.3 Å². The molecule has 1 aromatic carbocycles. The van der Waals surface area contributed by atoms with Gasteiger partial charge in [0.15, 0.2) is 0 Å². The Kier molecular flexibility index (Phi) is 5.23. The van der Waals surface area contributed by atoms with Crippen LogP contribution in [0.3, 0.4) is 0 Å². The Labute approximate surface area is 158 Å². The number of thiazole rings is 1. The lowest BCUT2D eigenvalue weighted by Gasteiger charge is -2.30. The minimum absolute atomic E-state index is 0.175. The van der Waals surface area contributed by atoms with E-state index in [-0.39, 0.29) is 17.7 Å². The number of aryl methyl sites for hydroxylation is 1. The Hall–Kier alpha value is -2.42. The fourth-order valence-corrected chi connectivity index (χ4v) is 4.07. The molecule has 9 heteroatoms. The third-order valence-corrected chi connectivity index (χ3v) is 5.83. The van der Waals surface area contributed by atoms with Crippen molar-refractivity contribution in [2.45, 2.75) is 25.9 Å². The minimum atomic E-state index is -4.39. The van der Waals surface area contributed by atoms with Gasteiger partial charge >= 0.3 is 6.18 Å². The number of benzene rings is 1. The van der Waals surface area contributed by atoms with Gasteiger partial charge in [-0.1, -0.05) is 12.1 Å². The van der Waals surface area contributed by atoms with E-state index in [1.165, 1.54) is 12.1 Å². The van der Waals surface area contributed by atoms with Gasteiger partial charge in [-0.15, -0.1) is 11.3 Å². The summed E-state index contributed by atoms with van der Waals surface area (Å²) in [6, 6.07) is 4.71. The number of primary amides is 1. The molecule has 1 aliphatic rings. The number of carbonyl (C=O) groups is 2. The normalized spacial score (nSPS) is 15.8. The average Bonchev–Trinajstić information content (AvgIpc) is 3.02. The number of likely N-dealkylation sites (tertiary alicyclic amines) is 1. The number of nitrogens with two attached hydrogens (primary N) is 1. The first-order valence-corrected chi connectivity index (χ1v) is 9.22. The molecule has 3 rings (SSSR count). The zero-order valence-corrected chi connectivity index (χ0v) is 15.4. The number of alkyl halides is 3. The van der Waals surface area contributed by atoms with Crippen LogP contribution in [0.5, 0.6) is 0 Å². The van der Waals surface area contributed by atoms with Crippen molar-refractivity contribution in [3.63, 3.8) is 0 Å². The van der Waals surface area contributed by atoms with Gasteiger partial charge < -0.3 is 10.6 Å². The highest BCUT2D eigenvalue weighted by Crippen LogP contribution is 2.33. The predicted molar refractivity (Wildman–Crippen MR) is 95.1 cm³/mol. The lowest BCUT2D eigenvalue weighted by molar-refractivity contribution is -0.137. The summed E-state index contributed by atoms with van der Waals surface area (Å²) in [6.07, 6.45) is -3.33. The molecule has 0 atom stereocenters. The SMILES string of the molecule is Cc1nc(-c2ccc(C(F)(F)F)cc2)sc1C(=O)N1CCC(C(N)=O)CC1. The van der Waals surface area contributed by atoms with Crippen LogP contribution in [0.1, 0.15) is 33.8 Å². The molecule has 1 aliphatic heterocycles. The van der Waals surface area contributed by atoms with Gasteiger partial charge in [-0.05, 0) is 31.9 Å². The Morgan fingerprint density at radius 1 is 1.19 bits per heavy atom. The molecule has 0 bridgehead atoms. The van der Waals surface area contributed by atoms with Crippen molar-refractivity contribution in [1.82, 2.24) is 9.88 Å². The first kappa shape index (κ1) is 19.3. The van der Waals surface area contributed by atoms with E-state index >= 15 is 0 Å². The van der Waals surface area contributed by atoms with E-state index in [9.17, 15) is 22.8 Å². The Morgan fingerprint density at radius 3 is 2.30 bits per heavy atom. The standard InChI is InChI=1S/C18H18F3N3O2S/c1-10-14(17(26)24-8-6-11(7-9-24)15(22)25)27-16(23-10)12-2-4-13(5-3-12)18(19,20)21/h2-5,11H,6-9H2,1H3,(H2,22,25). The summed E-state index contributed by atoms with van der Waals surface area (Å²) < 4.78 is 38.1. The maximum atomic E-state index is 12.8. The monoisotopic (exact) mass is 397 g/mol. The lowest BCUT2D eigenvalue weighted by Crippen LogP contribution is -2.41. The molecular weight excluding hydrogens is 379 g/mol. The van der Waals surface area contributed by atoms with E-state index < -0.39 is 11.7 Å². The molecule has 0 radical (unpaired) electrons. The molecule has 1 aromatic heterocycles. The zero-order chi connectivity index (χ0) is 19.8. The number of rotatable bonds is 3. The molecule has 2 aromatic rings. The average molecular weight is 397 g/mol. The van der Waals surface area contributed by atoms with E-state index in [1.807, 2.05) is 0 Å². The van der Waals surface area contributed by atoms with Crippen LogP contribution in [0.25, 0.3) is 10.6 Å². The van der Waals surface area contributed by atoms with Crippen molar-refractivity contribution >= 4 is 23.2 Å². The zero-order valence-electron chi connectivity index (χ0n) is 14.5. The summed E-state index contributed by atoms with van der Waals surface area (Å²) in [5, 5.41) is 0.497. The molecule has 0 unspecified atom stereocenters. The lowest BCUT2D eigenvalue weighted by atomic mass is 9.96. The molecule has 0 saturated carbocycles. The van der Waals surface area contributed by atoms with Crippen LogP contribution in [0.4, 0.5) is 13.2 Å². The summed E-state index contributed by atoms with van der Waals surface area (Å²) in [4.78, 5) is 30.5. The number of hydrogen-bond acceptors (Lipinski definition) is 4. The largest absolute Gasteiger partial charge is 0.416 e. The van der Waals surface area contributed by atoms with Crippen molar-refractivity contribution < 1.29 is 22.8 Å². The summed E-state index contributed by atoms with van der Waals surface area (Å²) >= 11 is 1.16. The van der Waals surface area contributed by atoms with Crippen molar-refractivity contribution in [1.29, 1.82) is 0 Å². The Bertz CT molecular complexity index is 854. The smallest absolute Gasteiger partial charge is 0.369 e. The number of halogens is 3. The first-order valence-electron chi connectivity index (χ1n) is 8.40. The molecule has 0 aliphatic carbocycles. The number of aromatic nitrogens is 1. The third kappa shape index (κ3) is 4.13. The van der Waals surface area contributed by atoms with Crippen molar-refractivity contribution in [2.75, 3.05) is 13.1 Å². The van der Waals surface area contributed by atoms with E-state index in [2.05, 4.69) is 4.98 Å². The topological polar surface area (TPSA) is 76.3 Å². The van der Waals surface area contributed by atoms with Gasteiger partial charge in [-0.2, -0.15) is 13.2 Å². The highest BCUT2D eigenvalue weighted by atomic mass is 32.1. The van der Waals surface area contributed by atoms with E-state index in [0.717, 1.165) is 23.5 Å². The second-order valence-corrected chi connectivity index (χ2v) is 7.48. The number of hydrogen-bond donors (Lipinski definition) is 1. The molecule has 2 heterocycles. The molecule has 2 N–H and O–H groups in total. The fraction of sp³-hybridized carbons (Fsp3) is 0.389. The van der Waals surface area contributed by atoms with Crippen molar-refractivity contribution in [2.24, 2.45) is 11.7 Å². The van der Waals surface area contributed by atoms with Gasteiger partial charge in [0, 0.05) is 24.6 Å². The van der Waals surface area contributed by atoms with Crippen molar-refractivity contribution in [3.05, 3.63) is 40.4 Å². The molecule has 27 heavy (non-hydrogen) atoms.